The fourth-order valence-electron chi connectivity index (χ4n) is 3.52. The summed E-state index contributed by atoms with van der Waals surface area (Å²) in [5.74, 6) is 0.871. The van der Waals surface area contributed by atoms with Gasteiger partial charge in [0.2, 0.25) is 0 Å². The number of rotatable bonds is 7. The number of hydrogen-bond donors (Lipinski definition) is 2. The van der Waals surface area contributed by atoms with Gasteiger partial charge in [-0.25, -0.2) is 9.48 Å². The number of nitrogens with one attached hydrogen (secondary N) is 1. The van der Waals surface area contributed by atoms with Crippen molar-refractivity contribution in [1.29, 1.82) is 0 Å². The van der Waals surface area contributed by atoms with Crippen LogP contribution in [0.4, 0.5) is 10.5 Å². The Morgan fingerprint density at radius 3 is 2.59 bits per heavy atom. The predicted molar refractivity (Wildman–Crippen MR) is 141 cm³/mol. The number of hydrogen-bond acceptors (Lipinski definition) is 4. The van der Waals surface area contributed by atoms with Crippen LogP contribution in [0, 0.1) is 13.8 Å². The molecule has 1 heterocycles. The number of phenolic OH excluding ortho intramolecular Hbond substituents is 1. The van der Waals surface area contributed by atoms with Crippen molar-refractivity contribution in [3.8, 4) is 11.4 Å². The molecule has 0 radical (unpaired) electrons. The van der Waals surface area contributed by atoms with Crippen LogP contribution in [0.15, 0.2) is 65.7 Å². The Morgan fingerprint density at radius 1 is 1.09 bits per heavy atom. The zero-order valence-corrected chi connectivity index (χ0v) is 21.1. The number of carbonyl (C=O) groups excluding carboxylic acids is 1. The molecule has 176 valence electrons. The van der Waals surface area contributed by atoms with Crippen molar-refractivity contribution in [3.63, 3.8) is 0 Å². The highest BCUT2D eigenvalue weighted by Crippen LogP contribution is 2.30. The zero-order chi connectivity index (χ0) is 24.2. The van der Waals surface area contributed by atoms with E-state index in [0.29, 0.717) is 11.4 Å². The van der Waals surface area contributed by atoms with Crippen molar-refractivity contribution in [1.82, 2.24) is 14.7 Å². The Morgan fingerprint density at radius 2 is 1.88 bits per heavy atom. The summed E-state index contributed by atoms with van der Waals surface area (Å²) in [6.45, 7) is 4.25. The van der Waals surface area contributed by atoms with Gasteiger partial charge in [0, 0.05) is 34.0 Å². The number of fused-ring (bicyclic) bond motifs is 1. The molecular formula is C25H24Cl2N4O2S. The van der Waals surface area contributed by atoms with Crippen molar-refractivity contribution in [2.75, 3.05) is 17.3 Å². The van der Waals surface area contributed by atoms with Gasteiger partial charge >= 0.3 is 6.03 Å². The van der Waals surface area contributed by atoms with Gasteiger partial charge < -0.3 is 10.4 Å². The molecule has 2 amide bonds. The molecule has 34 heavy (non-hydrogen) atoms. The van der Waals surface area contributed by atoms with E-state index in [1.165, 1.54) is 27.7 Å². The Kier molecular flexibility index (Phi) is 7.56. The van der Waals surface area contributed by atoms with Gasteiger partial charge in [0.05, 0.1) is 17.5 Å². The first-order chi connectivity index (χ1) is 16.4. The van der Waals surface area contributed by atoms with E-state index in [1.807, 2.05) is 12.3 Å². The number of nitrogens with zero attached hydrogens (tertiary/aromatic N) is 3. The van der Waals surface area contributed by atoms with Crippen molar-refractivity contribution in [2.24, 2.45) is 0 Å². The maximum Gasteiger partial charge on any atom is 0.323 e. The number of aromatic nitrogens is 2. The summed E-state index contributed by atoms with van der Waals surface area (Å²) in [6, 6.07) is 17.0. The largest absolute Gasteiger partial charge is 0.506 e. The Bertz CT molecular complexity index is 1340. The number of alkyl halides is 2. The van der Waals surface area contributed by atoms with Crippen LogP contribution in [0.5, 0.6) is 5.75 Å². The summed E-state index contributed by atoms with van der Waals surface area (Å²) in [5.41, 5.74) is 5.65. The molecule has 6 nitrogen and oxygen atoms in total. The first kappa shape index (κ1) is 24.3. The standard InChI is InChI=1S/C25H24Cl2N4O2S/c1-16-3-4-19(17(2)9-16)13-34-21-7-5-18-12-31(29-22(18)11-21)23-8-6-20(10-24(23)32)28-25(33)30(14-26)15-27/h3-12,32H,13-15H2,1-2H3,(H,28,33). The molecule has 0 aliphatic rings. The van der Waals surface area contributed by atoms with Crippen LogP contribution in [0.25, 0.3) is 16.6 Å². The fourth-order valence-corrected chi connectivity index (χ4v) is 4.99. The number of halogens is 2. The van der Waals surface area contributed by atoms with Crippen molar-refractivity contribution in [3.05, 3.63) is 77.5 Å². The molecule has 0 bridgehead atoms. The Balaban J connectivity index is 1.50. The number of phenols is 1. The monoisotopic (exact) mass is 514 g/mol. The van der Waals surface area contributed by atoms with E-state index in [0.717, 1.165) is 21.6 Å². The summed E-state index contributed by atoms with van der Waals surface area (Å²) in [7, 11) is 0. The molecule has 0 fully saturated rings. The van der Waals surface area contributed by atoms with Gasteiger partial charge in [-0.1, -0.05) is 29.8 Å². The number of urea groups is 1. The molecular weight excluding hydrogens is 491 g/mol. The minimum atomic E-state index is -0.451. The number of carbonyl (C=O) groups is 1. The average Bonchev–Trinajstić information content (AvgIpc) is 3.22. The van der Waals surface area contributed by atoms with Gasteiger partial charge in [0.15, 0.2) is 0 Å². The van der Waals surface area contributed by atoms with Gasteiger partial charge in [-0.05, 0) is 49.2 Å². The van der Waals surface area contributed by atoms with Gasteiger partial charge in [0.1, 0.15) is 11.4 Å². The van der Waals surface area contributed by atoms with E-state index in [9.17, 15) is 9.90 Å². The SMILES string of the molecule is Cc1ccc(CSc2ccc3cn(-c4ccc(NC(=O)N(CCl)CCl)cc4O)nc3c2)c(C)c1. The van der Waals surface area contributed by atoms with Crippen LogP contribution in [-0.2, 0) is 5.75 Å². The van der Waals surface area contributed by atoms with Crippen LogP contribution in [-0.4, -0.2) is 37.8 Å². The van der Waals surface area contributed by atoms with Crippen molar-refractivity contribution in [2.45, 2.75) is 24.5 Å². The lowest BCUT2D eigenvalue weighted by atomic mass is 10.1. The van der Waals surface area contributed by atoms with Crippen LogP contribution >= 0.6 is 35.0 Å². The van der Waals surface area contributed by atoms with E-state index in [2.05, 4.69) is 54.6 Å². The highest BCUT2D eigenvalue weighted by Gasteiger charge is 2.13. The zero-order valence-electron chi connectivity index (χ0n) is 18.8. The molecule has 4 aromatic rings. The fraction of sp³-hybridized carbons (Fsp3) is 0.200. The van der Waals surface area contributed by atoms with Gasteiger partial charge in [-0.15, -0.1) is 35.0 Å². The summed E-state index contributed by atoms with van der Waals surface area (Å²) in [6.07, 6.45) is 1.87. The minimum Gasteiger partial charge on any atom is -0.506 e. The van der Waals surface area contributed by atoms with E-state index >= 15 is 0 Å². The molecule has 4 rings (SSSR count). The second-order valence-corrected chi connectivity index (χ2v) is 9.45. The summed E-state index contributed by atoms with van der Waals surface area (Å²) in [5, 5.41) is 18.8. The Labute approximate surface area is 212 Å². The van der Waals surface area contributed by atoms with Crippen LogP contribution < -0.4 is 5.32 Å². The number of aryl methyl sites for hydroxylation is 2. The number of thioether (sulfide) groups is 1. The van der Waals surface area contributed by atoms with Crippen LogP contribution in [0.2, 0.25) is 0 Å². The molecule has 2 N–H and O–H groups in total. The lowest BCUT2D eigenvalue weighted by Crippen LogP contribution is -2.32. The molecule has 0 saturated heterocycles. The van der Waals surface area contributed by atoms with Gasteiger partial charge in [0.25, 0.3) is 0 Å². The lowest BCUT2D eigenvalue weighted by Gasteiger charge is -2.17. The third-order valence-corrected chi connectivity index (χ3v) is 7.04. The maximum absolute atomic E-state index is 12.1. The highest BCUT2D eigenvalue weighted by atomic mass is 35.5. The van der Waals surface area contributed by atoms with E-state index in [1.54, 1.807) is 28.6 Å². The smallest absolute Gasteiger partial charge is 0.323 e. The van der Waals surface area contributed by atoms with E-state index in [-0.39, 0.29) is 17.8 Å². The number of amides is 2. The summed E-state index contributed by atoms with van der Waals surface area (Å²) >= 11 is 13.2. The average molecular weight is 515 g/mol. The van der Waals surface area contributed by atoms with Gasteiger partial charge in [-0.2, -0.15) is 5.10 Å². The molecule has 0 unspecified atom stereocenters. The van der Waals surface area contributed by atoms with Crippen LogP contribution in [0.3, 0.4) is 0 Å². The lowest BCUT2D eigenvalue weighted by molar-refractivity contribution is 0.226. The third kappa shape index (κ3) is 5.43. The normalized spacial score (nSPS) is 11.1. The molecule has 3 aromatic carbocycles. The van der Waals surface area contributed by atoms with Gasteiger partial charge in [-0.3, -0.25) is 4.90 Å². The minimum absolute atomic E-state index is 0.0154. The topological polar surface area (TPSA) is 70.4 Å². The molecule has 9 heteroatoms. The third-order valence-electron chi connectivity index (χ3n) is 5.42. The second-order valence-electron chi connectivity index (χ2n) is 7.93. The number of aromatic hydroxyl groups is 1. The first-order valence-corrected chi connectivity index (χ1v) is 12.6. The highest BCUT2D eigenvalue weighted by molar-refractivity contribution is 7.98. The number of benzene rings is 3. The quantitative estimate of drug-likeness (QED) is 0.160. The first-order valence-electron chi connectivity index (χ1n) is 10.6. The number of anilines is 1. The van der Waals surface area contributed by atoms with Crippen molar-refractivity contribution < 1.29 is 9.90 Å². The molecule has 0 aliphatic heterocycles. The molecule has 0 spiro atoms. The molecule has 1 aromatic heterocycles. The maximum atomic E-state index is 12.1. The second kappa shape index (κ2) is 10.6. The van der Waals surface area contributed by atoms with E-state index < -0.39 is 6.03 Å². The van der Waals surface area contributed by atoms with E-state index in [4.69, 9.17) is 23.2 Å². The summed E-state index contributed by atoms with van der Waals surface area (Å²) in [4.78, 5) is 14.5. The Hall–Kier alpha value is -2.87. The van der Waals surface area contributed by atoms with Crippen molar-refractivity contribution >= 4 is 57.6 Å². The predicted octanol–water partition coefficient (Wildman–Crippen LogP) is 6.87. The molecule has 0 saturated carbocycles. The summed E-state index contributed by atoms with van der Waals surface area (Å²) < 4.78 is 1.63. The molecule has 0 atom stereocenters. The molecule has 0 aliphatic carbocycles. The van der Waals surface area contributed by atoms with Crippen LogP contribution in [0.1, 0.15) is 16.7 Å².